The first-order valence-electron chi connectivity index (χ1n) is 7.94. The molecule has 3 rings (SSSR count). The highest BCUT2D eigenvalue weighted by molar-refractivity contribution is 9.10. The number of aromatic amines is 1. The fourth-order valence-electron chi connectivity index (χ4n) is 2.50. The molecule has 1 aromatic heterocycles. The zero-order valence-corrected chi connectivity index (χ0v) is 15.4. The lowest BCUT2D eigenvalue weighted by Crippen LogP contribution is -2.25. The van der Waals surface area contributed by atoms with E-state index < -0.39 is 0 Å². The van der Waals surface area contributed by atoms with Crippen LogP contribution in [0.4, 0.5) is 0 Å². The Hall–Kier alpha value is -2.38. The fraction of sp³-hybridized carbons (Fsp3) is 0.222. The number of imidazole rings is 1. The Kier molecular flexibility index (Phi) is 5.35. The van der Waals surface area contributed by atoms with Gasteiger partial charge in [0.2, 0.25) is 0 Å². The van der Waals surface area contributed by atoms with E-state index >= 15 is 0 Å². The number of nitrogens with zero attached hydrogens (tertiary/aromatic N) is 1. The number of methoxy groups -OCH3 is 1. The molecule has 3 aromatic rings. The summed E-state index contributed by atoms with van der Waals surface area (Å²) in [7, 11) is 1.63. The van der Waals surface area contributed by atoms with Gasteiger partial charge in [-0.3, -0.25) is 4.79 Å². The molecule has 0 aliphatic carbocycles. The number of nitrogens with two attached hydrogens (primary N) is 1. The van der Waals surface area contributed by atoms with Crippen molar-refractivity contribution >= 4 is 32.9 Å². The number of halogens is 1. The van der Waals surface area contributed by atoms with E-state index in [1.807, 2.05) is 24.3 Å². The van der Waals surface area contributed by atoms with Gasteiger partial charge >= 0.3 is 0 Å². The van der Waals surface area contributed by atoms with E-state index in [2.05, 4.69) is 31.2 Å². The summed E-state index contributed by atoms with van der Waals surface area (Å²) in [6, 6.07) is 11.1. The number of rotatable bonds is 6. The van der Waals surface area contributed by atoms with Gasteiger partial charge < -0.3 is 20.8 Å². The van der Waals surface area contributed by atoms with E-state index in [0.29, 0.717) is 18.7 Å². The average Bonchev–Trinajstić information content (AvgIpc) is 3.04. The van der Waals surface area contributed by atoms with Crippen LogP contribution >= 0.6 is 15.9 Å². The molecule has 1 heterocycles. The minimum absolute atomic E-state index is 0.116. The summed E-state index contributed by atoms with van der Waals surface area (Å²) in [5.74, 6) is 1.38. The first-order chi connectivity index (χ1) is 12.1. The van der Waals surface area contributed by atoms with E-state index in [9.17, 15) is 4.79 Å². The molecule has 0 bridgehead atoms. The number of ether oxygens (including phenoxy) is 1. The van der Waals surface area contributed by atoms with Crippen LogP contribution in [0.3, 0.4) is 0 Å². The van der Waals surface area contributed by atoms with Crippen molar-refractivity contribution in [2.45, 2.75) is 6.42 Å². The van der Waals surface area contributed by atoms with Crippen LogP contribution in [0.25, 0.3) is 22.4 Å². The maximum absolute atomic E-state index is 12.1. The highest BCUT2D eigenvalue weighted by Crippen LogP contribution is 2.29. The Morgan fingerprint density at radius 3 is 2.88 bits per heavy atom. The predicted molar refractivity (Wildman–Crippen MR) is 102 cm³/mol. The molecule has 1 amide bonds. The van der Waals surface area contributed by atoms with E-state index in [0.717, 1.165) is 39.1 Å². The van der Waals surface area contributed by atoms with E-state index in [1.54, 1.807) is 19.2 Å². The van der Waals surface area contributed by atoms with Gasteiger partial charge in [-0.25, -0.2) is 4.98 Å². The second kappa shape index (κ2) is 7.67. The molecule has 0 aliphatic rings. The highest BCUT2D eigenvalue weighted by Gasteiger charge is 2.12. The minimum atomic E-state index is -0.116. The van der Waals surface area contributed by atoms with Crippen LogP contribution in [0.5, 0.6) is 5.75 Å². The quantitative estimate of drug-likeness (QED) is 0.552. The van der Waals surface area contributed by atoms with Crippen molar-refractivity contribution in [2.75, 3.05) is 20.2 Å². The molecule has 4 N–H and O–H groups in total. The lowest BCUT2D eigenvalue weighted by molar-refractivity contribution is 0.0953. The Balaban J connectivity index is 1.86. The van der Waals surface area contributed by atoms with Crippen molar-refractivity contribution in [1.29, 1.82) is 0 Å². The number of benzene rings is 2. The number of hydrogen-bond acceptors (Lipinski definition) is 4. The topological polar surface area (TPSA) is 93.0 Å². The molecule has 0 unspecified atom stereocenters. The molecule has 6 nitrogen and oxygen atoms in total. The Labute approximate surface area is 153 Å². The minimum Gasteiger partial charge on any atom is -0.497 e. The van der Waals surface area contributed by atoms with Gasteiger partial charge in [-0.2, -0.15) is 0 Å². The molecule has 0 radical (unpaired) electrons. The highest BCUT2D eigenvalue weighted by atomic mass is 79.9. The van der Waals surface area contributed by atoms with Crippen molar-refractivity contribution in [3.63, 3.8) is 0 Å². The van der Waals surface area contributed by atoms with Crippen molar-refractivity contribution in [3.8, 4) is 17.1 Å². The molecular weight excluding hydrogens is 384 g/mol. The number of fused-ring (bicyclic) bond motifs is 1. The van der Waals surface area contributed by atoms with Gasteiger partial charge in [0.15, 0.2) is 0 Å². The van der Waals surface area contributed by atoms with Crippen molar-refractivity contribution in [3.05, 3.63) is 46.4 Å². The number of nitrogens with one attached hydrogen (secondary N) is 2. The third-order valence-electron chi connectivity index (χ3n) is 3.84. The number of amides is 1. The molecule has 2 aromatic carbocycles. The molecule has 0 aliphatic heterocycles. The normalized spacial score (nSPS) is 10.8. The van der Waals surface area contributed by atoms with E-state index in [1.165, 1.54) is 0 Å². The van der Waals surface area contributed by atoms with E-state index in [-0.39, 0.29) is 5.91 Å². The van der Waals surface area contributed by atoms with Gasteiger partial charge in [-0.05, 0) is 43.3 Å². The number of aromatic nitrogens is 2. The lowest BCUT2D eigenvalue weighted by Gasteiger charge is -2.07. The van der Waals surface area contributed by atoms with Crippen molar-refractivity contribution in [1.82, 2.24) is 15.3 Å². The molecular formula is C18H19BrN4O2. The molecule has 130 valence electrons. The summed E-state index contributed by atoms with van der Waals surface area (Å²) in [5.41, 5.74) is 8.65. The monoisotopic (exact) mass is 402 g/mol. The standard InChI is InChI=1S/C18H19BrN4O2/c1-25-12-4-6-15-16(10-12)23-17(22-15)13-5-3-11(9-14(13)19)18(24)21-8-2-7-20/h3-6,9-10H,2,7-8,20H2,1H3,(H,21,24)(H,22,23). The van der Waals surface area contributed by atoms with Crippen LogP contribution in [0.15, 0.2) is 40.9 Å². The summed E-state index contributed by atoms with van der Waals surface area (Å²) in [4.78, 5) is 20.0. The molecule has 7 heteroatoms. The van der Waals surface area contributed by atoms with Crippen LogP contribution in [0.1, 0.15) is 16.8 Å². The molecule has 0 saturated carbocycles. The zero-order chi connectivity index (χ0) is 17.8. The van der Waals surface area contributed by atoms with Gasteiger partial charge in [0.1, 0.15) is 11.6 Å². The van der Waals surface area contributed by atoms with Crippen LogP contribution in [-0.4, -0.2) is 36.1 Å². The zero-order valence-electron chi connectivity index (χ0n) is 13.8. The first-order valence-corrected chi connectivity index (χ1v) is 8.73. The Morgan fingerprint density at radius 1 is 1.32 bits per heavy atom. The lowest BCUT2D eigenvalue weighted by atomic mass is 10.1. The summed E-state index contributed by atoms with van der Waals surface area (Å²) >= 11 is 3.53. The van der Waals surface area contributed by atoms with Crippen molar-refractivity contribution < 1.29 is 9.53 Å². The van der Waals surface area contributed by atoms with Crippen LogP contribution in [0.2, 0.25) is 0 Å². The number of carbonyl (C=O) groups excluding carboxylic acids is 1. The number of carbonyl (C=O) groups is 1. The third kappa shape index (κ3) is 3.83. The summed E-state index contributed by atoms with van der Waals surface area (Å²) in [6.45, 7) is 1.12. The molecule has 0 spiro atoms. The SMILES string of the molecule is COc1ccc2nc(-c3ccc(C(=O)NCCCN)cc3Br)[nH]c2c1. The second-order valence-corrected chi connectivity index (χ2v) is 6.42. The predicted octanol–water partition coefficient (Wildman–Crippen LogP) is 3.08. The Morgan fingerprint density at radius 2 is 2.16 bits per heavy atom. The van der Waals surface area contributed by atoms with Crippen LogP contribution in [-0.2, 0) is 0 Å². The number of H-pyrrole nitrogens is 1. The van der Waals surface area contributed by atoms with Gasteiger partial charge in [0.05, 0.1) is 18.1 Å². The fourth-order valence-corrected chi connectivity index (χ4v) is 3.06. The molecule has 0 atom stereocenters. The first kappa shape index (κ1) is 17.4. The summed E-state index contributed by atoms with van der Waals surface area (Å²) < 4.78 is 6.03. The average molecular weight is 403 g/mol. The van der Waals surface area contributed by atoms with Gasteiger partial charge in [0, 0.05) is 28.2 Å². The molecule has 0 saturated heterocycles. The Bertz CT molecular complexity index is 907. The third-order valence-corrected chi connectivity index (χ3v) is 4.50. The van der Waals surface area contributed by atoms with Gasteiger partial charge in [-0.15, -0.1) is 0 Å². The summed E-state index contributed by atoms with van der Waals surface area (Å²) in [5, 5.41) is 2.84. The molecule has 25 heavy (non-hydrogen) atoms. The van der Waals surface area contributed by atoms with Crippen LogP contribution in [0, 0.1) is 0 Å². The smallest absolute Gasteiger partial charge is 0.251 e. The number of hydrogen-bond donors (Lipinski definition) is 3. The maximum Gasteiger partial charge on any atom is 0.251 e. The van der Waals surface area contributed by atoms with Gasteiger partial charge in [0.25, 0.3) is 5.91 Å². The largest absolute Gasteiger partial charge is 0.497 e. The van der Waals surface area contributed by atoms with Gasteiger partial charge in [-0.1, -0.05) is 15.9 Å². The van der Waals surface area contributed by atoms with Crippen LogP contribution < -0.4 is 15.8 Å². The summed E-state index contributed by atoms with van der Waals surface area (Å²) in [6.07, 6.45) is 0.757. The molecule has 0 fully saturated rings. The van der Waals surface area contributed by atoms with E-state index in [4.69, 9.17) is 10.5 Å². The second-order valence-electron chi connectivity index (χ2n) is 5.56. The maximum atomic E-state index is 12.1. The van der Waals surface area contributed by atoms with Crippen molar-refractivity contribution in [2.24, 2.45) is 5.73 Å².